The molecule has 2 aromatic carbocycles. The predicted octanol–water partition coefficient (Wildman–Crippen LogP) is 4.31. The van der Waals surface area contributed by atoms with Crippen molar-refractivity contribution in [3.05, 3.63) is 60.2 Å². The van der Waals surface area contributed by atoms with Crippen LogP contribution in [0.1, 0.15) is 13.3 Å². The highest BCUT2D eigenvalue weighted by Gasteiger charge is 2.23. The molecule has 9 nitrogen and oxygen atoms in total. The molecule has 0 unspecified atom stereocenters. The summed E-state index contributed by atoms with van der Waals surface area (Å²) in [6, 6.07) is 7.64. The quantitative estimate of drug-likeness (QED) is 0.248. The van der Waals surface area contributed by atoms with E-state index in [1.807, 2.05) is 11.8 Å². The van der Waals surface area contributed by atoms with Crippen LogP contribution < -0.4 is 15.4 Å². The second kappa shape index (κ2) is 11.3. The van der Waals surface area contributed by atoms with Gasteiger partial charge in [0.2, 0.25) is 5.91 Å². The molecular formula is C25H25ClFN5O4. The van der Waals surface area contributed by atoms with Gasteiger partial charge in [-0.25, -0.2) is 14.4 Å². The Kier molecular flexibility index (Phi) is 7.97. The van der Waals surface area contributed by atoms with Crippen molar-refractivity contribution < 1.29 is 23.5 Å². The number of esters is 1. The number of nitrogens with one attached hydrogen (secondary N) is 2. The molecule has 0 radical (unpaired) electrons. The lowest BCUT2D eigenvalue weighted by atomic mass is 10.1. The standard InChI is InChI=1S/C25H25ClFN5O4/c1-3-23(33)31-21-10-17-20(28-14-29-25(17)30-16-5-6-19(27)18(26)9-16)11-22(21)35-8-4-7-32-12-15(2)36-24(34)13-32/h3,5-6,9-11,14-15H,1,4,7-8,12-13H2,2H3,(H,31,33)(H,28,29,30)/t15-/m0/s1. The molecule has 36 heavy (non-hydrogen) atoms. The molecule has 1 atom stereocenters. The summed E-state index contributed by atoms with van der Waals surface area (Å²) in [4.78, 5) is 34.3. The van der Waals surface area contributed by atoms with Crippen LogP contribution in [0, 0.1) is 5.82 Å². The Bertz CT molecular complexity index is 1300. The molecule has 1 fully saturated rings. The summed E-state index contributed by atoms with van der Waals surface area (Å²) in [5, 5.41) is 6.44. The van der Waals surface area contributed by atoms with Crippen molar-refractivity contribution >= 4 is 51.6 Å². The fraction of sp³-hybridized carbons (Fsp3) is 0.280. The zero-order valence-corrected chi connectivity index (χ0v) is 20.3. The minimum absolute atomic E-state index is 0.0242. The van der Waals surface area contributed by atoms with Crippen molar-refractivity contribution in [2.75, 3.05) is 36.9 Å². The zero-order chi connectivity index (χ0) is 25.7. The number of anilines is 3. The topological polar surface area (TPSA) is 106 Å². The minimum Gasteiger partial charge on any atom is -0.491 e. The summed E-state index contributed by atoms with van der Waals surface area (Å²) >= 11 is 5.89. The second-order valence-corrected chi connectivity index (χ2v) is 8.68. The smallest absolute Gasteiger partial charge is 0.320 e. The monoisotopic (exact) mass is 513 g/mol. The highest BCUT2D eigenvalue weighted by molar-refractivity contribution is 6.31. The number of cyclic esters (lactones) is 1. The number of amides is 1. The van der Waals surface area contributed by atoms with Gasteiger partial charge in [-0.1, -0.05) is 18.2 Å². The predicted molar refractivity (Wildman–Crippen MR) is 135 cm³/mol. The van der Waals surface area contributed by atoms with Crippen molar-refractivity contribution in [3.8, 4) is 5.75 Å². The van der Waals surface area contributed by atoms with Gasteiger partial charge in [0, 0.05) is 30.2 Å². The molecule has 3 aromatic rings. The van der Waals surface area contributed by atoms with Gasteiger partial charge >= 0.3 is 5.97 Å². The molecule has 0 saturated carbocycles. The maximum atomic E-state index is 13.5. The first-order valence-corrected chi connectivity index (χ1v) is 11.7. The van der Waals surface area contributed by atoms with Crippen molar-refractivity contribution in [1.29, 1.82) is 0 Å². The largest absolute Gasteiger partial charge is 0.491 e. The van der Waals surface area contributed by atoms with Gasteiger partial charge in [0.15, 0.2) is 0 Å². The number of hydrogen-bond donors (Lipinski definition) is 2. The van der Waals surface area contributed by atoms with Crippen LogP contribution in [0.15, 0.2) is 49.3 Å². The number of carbonyl (C=O) groups is 2. The summed E-state index contributed by atoms with van der Waals surface area (Å²) in [5.74, 6) is -0.295. The lowest BCUT2D eigenvalue weighted by Crippen LogP contribution is -2.44. The van der Waals surface area contributed by atoms with Gasteiger partial charge in [-0.2, -0.15) is 0 Å². The van der Waals surface area contributed by atoms with Crippen molar-refractivity contribution in [1.82, 2.24) is 14.9 Å². The molecular weight excluding hydrogens is 489 g/mol. The van der Waals surface area contributed by atoms with Crippen LogP contribution in [0.3, 0.4) is 0 Å². The Morgan fingerprint density at radius 1 is 1.36 bits per heavy atom. The highest BCUT2D eigenvalue weighted by Crippen LogP contribution is 2.34. The van der Waals surface area contributed by atoms with E-state index in [4.69, 9.17) is 21.1 Å². The third-order valence-electron chi connectivity index (χ3n) is 5.44. The number of fused-ring (bicyclic) bond motifs is 1. The third kappa shape index (κ3) is 6.27. The summed E-state index contributed by atoms with van der Waals surface area (Å²) in [6.45, 7) is 7.31. The van der Waals surface area contributed by atoms with E-state index in [0.29, 0.717) is 60.0 Å². The van der Waals surface area contributed by atoms with Crippen LogP contribution in [-0.4, -0.2) is 59.1 Å². The molecule has 188 valence electrons. The fourth-order valence-corrected chi connectivity index (χ4v) is 4.03. The Labute approximate surface area is 212 Å². The first-order chi connectivity index (χ1) is 17.3. The molecule has 1 aromatic heterocycles. The van der Waals surface area contributed by atoms with E-state index in [9.17, 15) is 14.0 Å². The molecule has 2 N–H and O–H groups in total. The van der Waals surface area contributed by atoms with Crippen LogP contribution in [0.5, 0.6) is 5.75 Å². The minimum atomic E-state index is -0.527. The molecule has 0 bridgehead atoms. The first kappa shape index (κ1) is 25.3. The Hall–Kier alpha value is -3.76. The van der Waals surface area contributed by atoms with E-state index in [1.54, 1.807) is 12.1 Å². The van der Waals surface area contributed by atoms with E-state index in [-0.39, 0.29) is 23.6 Å². The number of aromatic nitrogens is 2. The van der Waals surface area contributed by atoms with Gasteiger partial charge in [-0.05, 0) is 43.7 Å². The molecule has 1 aliphatic heterocycles. The summed E-state index contributed by atoms with van der Waals surface area (Å²) < 4.78 is 24.7. The van der Waals surface area contributed by atoms with Crippen molar-refractivity contribution in [2.45, 2.75) is 19.4 Å². The second-order valence-electron chi connectivity index (χ2n) is 8.27. The molecule has 1 amide bonds. The molecule has 2 heterocycles. The molecule has 1 aliphatic rings. The lowest BCUT2D eigenvalue weighted by Gasteiger charge is -2.30. The molecule has 4 rings (SSSR count). The maximum Gasteiger partial charge on any atom is 0.320 e. The fourth-order valence-electron chi connectivity index (χ4n) is 3.85. The van der Waals surface area contributed by atoms with Gasteiger partial charge < -0.3 is 20.1 Å². The highest BCUT2D eigenvalue weighted by atomic mass is 35.5. The third-order valence-corrected chi connectivity index (χ3v) is 5.73. The zero-order valence-electron chi connectivity index (χ0n) is 19.6. The van der Waals surface area contributed by atoms with Gasteiger partial charge in [0.25, 0.3) is 0 Å². The van der Waals surface area contributed by atoms with E-state index in [2.05, 4.69) is 27.2 Å². The van der Waals surface area contributed by atoms with Crippen LogP contribution in [-0.2, 0) is 14.3 Å². The molecule has 0 spiro atoms. The number of halogens is 2. The molecule has 0 aliphatic carbocycles. The SMILES string of the molecule is C=CC(=O)Nc1cc2c(Nc3ccc(F)c(Cl)c3)ncnc2cc1OCCCN1CC(=O)O[C@@H](C)C1. The van der Waals surface area contributed by atoms with Crippen LogP contribution in [0.2, 0.25) is 5.02 Å². The van der Waals surface area contributed by atoms with E-state index in [1.165, 1.54) is 24.5 Å². The van der Waals surface area contributed by atoms with Gasteiger partial charge in [-0.3, -0.25) is 14.5 Å². The number of nitrogens with zero attached hydrogens (tertiary/aromatic N) is 3. The maximum absolute atomic E-state index is 13.5. The molecule has 1 saturated heterocycles. The number of morpholine rings is 1. The number of carbonyl (C=O) groups excluding carboxylic acids is 2. The Morgan fingerprint density at radius 2 is 2.19 bits per heavy atom. The van der Waals surface area contributed by atoms with Crippen LogP contribution in [0.25, 0.3) is 10.9 Å². The first-order valence-electron chi connectivity index (χ1n) is 11.3. The Balaban J connectivity index is 1.53. The van der Waals surface area contributed by atoms with E-state index >= 15 is 0 Å². The van der Waals surface area contributed by atoms with Gasteiger partial charge in [0.1, 0.15) is 29.8 Å². The number of rotatable bonds is 9. The van der Waals surface area contributed by atoms with Gasteiger partial charge in [-0.15, -0.1) is 0 Å². The van der Waals surface area contributed by atoms with E-state index in [0.717, 1.165) is 6.08 Å². The number of benzene rings is 2. The average Bonchev–Trinajstić information content (AvgIpc) is 2.84. The van der Waals surface area contributed by atoms with E-state index < -0.39 is 11.7 Å². The van der Waals surface area contributed by atoms with Crippen molar-refractivity contribution in [3.63, 3.8) is 0 Å². The summed E-state index contributed by atoms with van der Waals surface area (Å²) in [5.41, 5.74) is 1.52. The van der Waals surface area contributed by atoms with Gasteiger partial charge in [0.05, 0.1) is 29.4 Å². The molecule has 11 heteroatoms. The van der Waals surface area contributed by atoms with Crippen LogP contribution in [0.4, 0.5) is 21.6 Å². The number of hydrogen-bond acceptors (Lipinski definition) is 8. The normalized spacial score (nSPS) is 15.9. The average molecular weight is 514 g/mol. The number of ether oxygens (including phenoxy) is 2. The Morgan fingerprint density at radius 3 is 2.94 bits per heavy atom. The van der Waals surface area contributed by atoms with Crippen LogP contribution >= 0.6 is 11.6 Å². The summed E-state index contributed by atoms with van der Waals surface area (Å²) in [6.07, 6.45) is 3.07. The van der Waals surface area contributed by atoms with Crippen molar-refractivity contribution in [2.24, 2.45) is 0 Å². The lowest BCUT2D eigenvalue weighted by molar-refractivity contribution is -0.157. The summed E-state index contributed by atoms with van der Waals surface area (Å²) in [7, 11) is 0.